The zero-order chi connectivity index (χ0) is 22.0. The average Bonchev–Trinajstić information content (AvgIpc) is 3.38. The lowest BCUT2D eigenvalue weighted by atomic mass is 10.1. The summed E-state index contributed by atoms with van der Waals surface area (Å²) in [5.74, 6) is -0.491. The number of amides is 1. The first-order valence-electron chi connectivity index (χ1n) is 9.89. The van der Waals surface area contributed by atoms with Crippen LogP contribution >= 0.6 is 11.8 Å². The Bertz CT molecular complexity index is 1150. The average molecular weight is 436 g/mol. The Kier molecular flexibility index (Phi) is 5.81. The van der Waals surface area contributed by atoms with Crippen LogP contribution in [0.3, 0.4) is 0 Å². The largest absolute Gasteiger partial charge is 0.317 e. The number of fused-ring (bicyclic) bond motifs is 1. The maximum absolute atomic E-state index is 12.6. The van der Waals surface area contributed by atoms with Gasteiger partial charge >= 0.3 is 0 Å². The number of hydrazone groups is 1. The lowest BCUT2D eigenvalue weighted by Crippen LogP contribution is -2.35. The third-order valence-corrected chi connectivity index (χ3v) is 5.87. The molecule has 4 rings (SSSR count). The third-order valence-electron chi connectivity index (χ3n) is 4.90. The zero-order valence-electron chi connectivity index (χ0n) is 16.8. The summed E-state index contributed by atoms with van der Waals surface area (Å²) < 4.78 is 1.79. The van der Waals surface area contributed by atoms with Crippen LogP contribution in [0, 0.1) is 15.5 Å². The summed E-state index contributed by atoms with van der Waals surface area (Å²) in [6.07, 6.45) is 7.41. The maximum Gasteiger partial charge on any atom is 0.283 e. The van der Waals surface area contributed by atoms with Crippen LogP contribution in [0.25, 0.3) is 11.8 Å². The summed E-state index contributed by atoms with van der Waals surface area (Å²) in [5.41, 5.74) is 1.50. The topological polar surface area (TPSA) is 117 Å². The number of hydrogen-bond acceptors (Lipinski definition) is 6. The van der Waals surface area contributed by atoms with Gasteiger partial charge in [0.1, 0.15) is 5.04 Å². The van der Waals surface area contributed by atoms with Gasteiger partial charge in [0, 0.05) is 29.7 Å². The van der Waals surface area contributed by atoms with Crippen LogP contribution in [0.2, 0.25) is 0 Å². The van der Waals surface area contributed by atoms with Gasteiger partial charge in [-0.05, 0) is 54.9 Å². The Morgan fingerprint density at radius 2 is 2.00 bits per heavy atom. The van der Waals surface area contributed by atoms with Crippen LogP contribution in [-0.2, 0) is 4.79 Å². The molecule has 2 aliphatic heterocycles. The Labute approximate surface area is 182 Å². The van der Waals surface area contributed by atoms with Gasteiger partial charge in [-0.25, -0.2) is 0 Å². The van der Waals surface area contributed by atoms with Gasteiger partial charge in [-0.1, -0.05) is 19.8 Å². The van der Waals surface area contributed by atoms with Crippen LogP contribution in [0.4, 0.5) is 5.69 Å². The molecule has 0 bridgehead atoms. The van der Waals surface area contributed by atoms with Crippen molar-refractivity contribution < 1.29 is 9.72 Å². The molecule has 158 valence electrons. The van der Waals surface area contributed by atoms with E-state index in [9.17, 15) is 14.9 Å². The van der Waals surface area contributed by atoms with Crippen molar-refractivity contribution in [1.29, 1.82) is 5.41 Å². The molecule has 0 radical (unpaired) electrons. The van der Waals surface area contributed by atoms with E-state index in [0.29, 0.717) is 16.5 Å². The predicted molar refractivity (Wildman–Crippen MR) is 122 cm³/mol. The van der Waals surface area contributed by atoms with Gasteiger partial charge in [0.25, 0.3) is 11.6 Å². The van der Waals surface area contributed by atoms with Crippen molar-refractivity contribution in [3.63, 3.8) is 0 Å². The highest BCUT2D eigenvalue weighted by atomic mass is 32.2. The van der Waals surface area contributed by atoms with Crippen molar-refractivity contribution in [3.8, 4) is 5.69 Å². The second-order valence-electron chi connectivity index (χ2n) is 7.05. The van der Waals surface area contributed by atoms with Gasteiger partial charge in [0.2, 0.25) is 5.17 Å². The summed E-state index contributed by atoms with van der Waals surface area (Å²) in [7, 11) is 0. The first kappa shape index (κ1) is 20.7. The second kappa shape index (κ2) is 8.68. The van der Waals surface area contributed by atoms with E-state index >= 15 is 0 Å². The Morgan fingerprint density at radius 1 is 1.23 bits per heavy atom. The van der Waals surface area contributed by atoms with E-state index in [-0.39, 0.29) is 17.1 Å². The van der Waals surface area contributed by atoms with Crippen molar-refractivity contribution in [2.45, 2.75) is 32.6 Å². The molecule has 1 aromatic heterocycles. The molecule has 2 aliphatic rings. The normalized spacial score (nSPS) is 17.1. The number of carbonyl (C=O) groups is 1. The number of aromatic nitrogens is 1. The molecule has 0 saturated carbocycles. The fourth-order valence-electron chi connectivity index (χ4n) is 3.29. The highest BCUT2D eigenvalue weighted by Crippen LogP contribution is 2.30. The van der Waals surface area contributed by atoms with Crippen LogP contribution in [-0.4, -0.2) is 36.5 Å². The van der Waals surface area contributed by atoms with Gasteiger partial charge in [0.15, 0.2) is 5.84 Å². The molecule has 2 aromatic rings. The molecule has 31 heavy (non-hydrogen) atoms. The molecular formula is C21H20N6O3S. The number of rotatable bonds is 7. The molecule has 9 nitrogen and oxygen atoms in total. The van der Waals surface area contributed by atoms with E-state index in [0.717, 1.165) is 30.7 Å². The number of carbonyl (C=O) groups excluding carboxylic acids is 1. The number of non-ortho nitro benzene ring substituents is 1. The molecule has 1 aromatic carbocycles. The smallest absolute Gasteiger partial charge is 0.283 e. The van der Waals surface area contributed by atoms with Gasteiger partial charge in [-0.2, -0.15) is 15.1 Å². The Balaban J connectivity index is 1.61. The van der Waals surface area contributed by atoms with Gasteiger partial charge in [-0.15, -0.1) is 0 Å². The highest BCUT2D eigenvalue weighted by Gasteiger charge is 2.35. The summed E-state index contributed by atoms with van der Waals surface area (Å²) in [6, 6.07) is 9.71. The summed E-state index contributed by atoms with van der Waals surface area (Å²) in [4.78, 5) is 27.2. The fourth-order valence-corrected chi connectivity index (χ4v) is 4.22. The lowest BCUT2D eigenvalue weighted by molar-refractivity contribution is -0.384. The van der Waals surface area contributed by atoms with Gasteiger partial charge in [-0.3, -0.25) is 20.3 Å². The SMILES string of the molecule is CCCCCC1=NN2C(=N)/C(=C\c3cccn3-c3ccc([N+](=O)[O-])cc3)C(=O)N=C2S1. The lowest BCUT2D eigenvalue weighted by Gasteiger charge is -2.20. The minimum absolute atomic E-state index is 0.000972. The number of unbranched alkanes of at least 4 members (excludes halogenated alkanes) is 2. The van der Waals surface area contributed by atoms with Crippen molar-refractivity contribution in [2.24, 2.45) is 10.1 Å². The van der Waals surface area contributed by atoms with Gasteiger partial charge in [0.05, 0.1) is 10.5 Å². The molecule has 0 fully saturated rings. The number of nitrogens with one attached hydrogen (secondary N) is 1. The monoisotopic (exact) mass is 436 g/mol. The van der Waals surface area contributed by atoms with E-state index in [2.05, 4.69) is 17.0 Å². The molecule has 3 heterocycles. The van der Waals surface area contributed by atoms with Crippen molar-refractivity contribution in [1.82, 2.24) is 9.58 Å². The molecule has 0 atom stereocenters. The highest BCUT2D eigenvalue weighted by molar-refractivity contribution is 8.26. The van der Waals surface area contributed by atoms with E-state index in [1.165, 1.54) is 28.9 Å². The predicted octanol–water partition coefficient (Wildman–Crippen LogP) is 4.58. The number of benzene rings is 1. The molecule has 1 N–H and O–H groups in total. The number of amidine groups is 2. The zero-order valence-corrected chi connectivity index (χ0v) is 17.6. The quantitative estimate of drug-likeness (QED) is 0.295. The van der Waals surface area contributed by atoms with Crippen molar-refractivity contribution in [3.05, 3.63) is 64.0 Å². The number of nitro benzene ring substituents is 1. The van der Waals surface area contributed by atoms with Crippen molar-refractivity contribution >= 4 is 45.5 Å². The molecule has 0 spiro atoms. The second-order valence-corrected chi connectivity index (χ2v) is 8.09. The van der Waals surface area contributed by atoms with E-state index in [1.54, 1.807) is 41.1 Å². The molecule has 10 heteroatoms. The van der Waals surface area contributed by atoms with Crippen LogP contribution in [0.1, 0.15) is 38.3 Å². The molecule has 1 amide bonds. The van der Waals surface area contributed by atoms with Gasteiger partial charge < -0.3 is 4.57 Å². The first-order chi connectivity index (χ1) is 15.0. The Morgan fingerprint density at radius 3 is 2.71 bits per heavy atom. The minimum Gasteiger partial charge on any atom is -0.317 e. The minimum atomic E-state index is -0.481. The van der Waals surface area contributed by atoms with E-state index in [1.807, 2.05) is 0 Å². The number of aliphatic imine (C=N–C) groups is 1. The number of hydrogen-bond donors (Lipinski definition) is 1. The molecule has 0 aliphatic carbocycles. The number of nitro groups is 1. The first-order valence-corrected chi connectivity index (χ1v) is 10.7. The van der Waals surface area contributed by atoms with Crippen LogP contribution < -0.4 is 0 Å². The standard InChI is InChI=1S/C21H20N6O3S/c1-2-3-4-7-18-24-26-19(22)17(20(28)23-21(26)31-18)13-16-6-5-12-25(16)14-8-10-15(11-9-14)27(29)30/h5-6,8-13,22H,2-4,7H2,1H3/b17-13+,22-19?. The van der Waals surface area contributed by atoms with E-state index in [4.69, 9.17) is 5.41 Å². The molecule has 0 saturated heterocycles. The van der Waals surface area contributed by atoms with Crippen molar-refractivity contribution in [2.75, 3.05) is 0 Å². The fraction of sp³-hybridized carbons (Fsp3) is 0.238. The number of thioether (sulfide) groups is 1. The van der Waals surface area contributed by atoms with E-state index < -0.39 is 10.8 Å². The summed E-state index contributed by atoms with van der Waals surface area (Å²) >= 11 is 1.34. The summed E-state index contributed by atoms with van der Waals surface area (Å²) in [5, 5.41) is 26.6. The Hall–Kier alpha value is -3.53. The summed E-state index contributed by atoms with van der Waals surface area (Å²) in [6.45, 7) is 2.13. The molecule has 0 unspecified atom stereocenters. The van der Waals surface area contributed by atoms with Crippen LogP contribution in [0.15, 0.2) is 58.3 Å². The molecular weight excluding hydrogens is 416 g/mol. The maximum atomic E-state index is 12.6. The third kappa shape index (κ3) is 4.19. The number of nitrogens with zero attached hydrogens (tertiary/aromatic N) is 5. The van der Waals surface area contributed by atoms with Crippen LogP contribution in [0.5, 0.6) is 0 Å².